The zero-order chi connectivity index (χ0) is 22.1. The number of nitrogens with one attached hydrogen (secondary N) is 1. The third-order valence-electron chi connectivity index (χ3n) is 3.95. The van der Waals surface area contributed by atoms with Gasteiger partial charge >= 0.3 is 64.9 Å². The zero-order valence-corrected chi connectivity index (χ0v) is 27.5. The fourth-order valence-electron chi connectivity index (χ4n) is 2.73. The molecule has 30 heavy (non-hydrogen) atoms. The van der Waals surface area contributed by atoms with Crippen molar-refractivity contribution in [2.75, 3.05) is 0 Å². The first kappa shape index (κ1) is 38.7. The Hall–Kier alpha value is 1.40. The molecule has 4 atom stereocenters. The Morgan fingerprint density at radius 2 is 1.63 bits per heavy atom. The second kappa shape index (κ2) is 25.0. The summed E-state index contributed by atoms with van der Waals surface area (Å²) in [6.07, 6.45) is 15.9. The molecule has 2 rings (SSSR count). The van der Waals surface area contributed by atoms with E-state index >= 15 is 0 Å². The number of hydrogen-bond acceptors (Lipinski definition) is 3. The average molecular weight is 826 g/mol. The number of hydrogen-bond donors (Lipinski definition) is 1. The maximum atomic E-state index is 11.4. The van der Waals surface area contributed by atoms with Gasteiger partial charge in [-0.3, -0.25) is 10.1 Å². The first-order chi connectivity index (χ1) is 13.2. The van der Waals surface area contributed by atoms with Crippen LogP contribution in [-0.2, 0) is 28.3 Å². The smallest absolute Gasteiger partial charge is 0 e. The molecule has 9 heteroatoms. The van der Waals surface area contributed by atoms with Gasteiger partial charge in [0, 0.05) is 31.0 Å². The van der Waals surface area contributed by atoms with Gasteiger partial charge in [0.1, 0.15) is 0 Å². The molecule has 2 heterocycles. The number of terminal acetylenes is 2. The first-order valence-corrected chi connectivity index (χ1v) is 22.7. The van der Waals surface area contributed by atoms with Crippen LogP contribution in [0.5, 0.6) is 0 Å². The molecule has 0 aromatic carbocycles. The predicted molar refractivity (Wildman–Crippen MR) is 147 cm³/mol. The van der Waals surface area contributed by atoms with Crippen LogP contribution in [0.2, 0.25) is 0 Å². The Morgan fingerprint density at radius 1 is 1.17 bits per heavy atom. The minimum atomic E-state index is -0.278. The van der Waals surface area contributed by atoms with Crippen molar-refractivity contribution in [3.63, 3.8) is 0 Å². The number of amides is 1. The molecule has 2 fully saturated rings. The largest absolute Gasteiger partial charge is 0 e. The molecule has 1 N–H and O–H groups in total. The van der Waals surface area contributed by atoms with Gasteiger partial charge in [-0.25, -0.2) is 0 Å². The second-order valence-corrected chi connectivity index (χ2v) is 41.5. The van der Waals surface area contributed by atoms with E-state index < -0.39 is 0 Å². The van der Waals surface area contributed by atoms with Gasteiger partial charge in [-0.1, -0.05) is 25.7 Å². The van der Waals surface area contributed by atoms with Gasteiger partial charge in [-0.2, -0.15) is 11.7 Å². The van der Waals surface area contributed by atoms with E-state index in [0.29, 0.717) is 12.5 Å². The van der Waals surface area contributed by atoms with E-state index in [9.17, 15) is 4.79 Å². The second-order valence-electron chi connectivity index (χ2n) is 6.10. The molecule has 0 aromatic heterocycles. The summed E-state index contributed by atoms with van der Waals surface area (Å²) < 4.78 is 0. The third-order valence-corrected chi connectivity index (χ3v) is 3.95. The maximum absolute atomic E-state index is 11.4. The molecule has 0 spiro atoms. The van der Waals surface area contributed by atoms with Crippen LogP contribution in [0.3, 0.4) is 0 Å². The molecule has 0 bridgehead atoms. The molecule has 1 radical (unpaired) electrons. The van der Waals surface area contributed by atoms with Crippen molar-refractivity contribution in [3.8, 4) is 30.8 Å². The van der Waals surface area contributed by atoms with Crippen LogP contribution in [0.25, 0.3) is 0 Å². The summed E-state index contributed by atoms with van der Waals surface area (Å²) in [6.45, 7) is 9.44. The van der Waals surface area contributed by atoms with E-state index in [2.05, 4.69) is 97.0 Å². The summed E-state index contributed by atoms with van der Waals surface area (Å²) in [4.78, 5) is 13.0. The number of likely N-dealkylation sites (tertiary alicyclic amines) is 1. The van der Waals surface area contributed by atoms with Crippen LogP contribution in [0.15, 0.2) is 0 Å². The normalized spacial score (nSPS) is 23.2. The van der Waals surface area contributed by atoms with Crippen LogP contribution >= 0.6 is 59.9 Å². The van der Waals surface area contributed by atoms with E-state index in [1.165, 1.54) is 0 Å². The summed E-state index contributed by atoms with van der Waals surface area (Å²) in [7, 11) is 0. The Balaban J connectivity index is -0.000000167. The van der Waals surface area contributed by atoms with Crippen molar-refractivity contribution in [1.29, 1.82) is 5.26 Å². The topological polar surface area (TPSA) is 56.1 Å². The fraction of sp³-hybridized carbons (Fsp3) is 0.619. The summed E-state index contributed by atoms with van der Waals surface area (Å²) in [6, 6.07) is 2.63. The summed E-state index contributed by atoms with van der Waals surface area (Å²) in [5.74, 6) is 5.41. The summed E-state index contributed by atoms with van der Waals surface area (Å²) >= 11 is 7.39. The van der Waals surface area contributed by atoms with E-state index in [1.54, 1.807) is 0 Å². The molecule has 1 amide bonds. The number of halogens is 3. The molecular formula is C21H33I3N3OV2-2. The Morgan fingerprint density at radius 3 is 1.93 bits per heavy atom. The van der Waals surface area contributed by atoms with Gasteiger partial charge in [-0.15, -0.1) is 12.8 Å². The molecule has 171 valence electrons. The van der Waals surface area contributed by atoms with Gasteiger partial charge in [0.25, 0.3) is 0 Å². The fourth-order valence-corrected chi connectivity index (χ4v) is 2.73. The van der Waals surface area contributed by atoms with Crippen molar-refractivity contribution >= 4 is 65.8 Å². The van der Waals surface area contributed by atoms with Crippen molar-refractivity contribution in [2.24, 2.45) is 0 Å². The average Bonchev–Trinajstić information content (AvgIpc) is 3.27. The number of rotatable bonds is 1. The van der Waals surface area contributed by atoms with E-state index in [4.69, 9.17) is 18.1 Å². The van der Waals surface area contributed by atoms with Crippen molar-refractivity contribution < 1.29 is 28.3 Å². The number of nitrogens with zero attached hydrogens (tertiary/aromatic N) is 2. The molecule has 2 saturated heterocycles. The standard InChI is InChI=1S/C10H15NO.C7H8N2.C3H7.CH3.3HI.2V/c1-4-9-7-6-8(3)11(9)10(12)5-2;1-2-6-3-4-7(5-8)9-6;1-3-2;;;;;;/h1,8-9H,5-7H2,2-3H3;1,6-7,9H,3-4H2;1,3H2,2H3;1H3;3*1H;;/q;;2*-1;;;;;+3/p-3/t8-,9+;6-,7-;;;;;;;/m10......./s1. The Kier molecular flexibility index (Phi) is 32.2. The summed E-state index contributed by atoms with van der Waals surface area (Å²) in [5, 5.41) is 11.4. The van der Waals surface area contributed by atoms with Crippen LogP contribution in [0.1, 0.15) is 59.3 Å². The SMILES string of the molecule is C#C[C@H]1CC[C@@H](C#N)N1.C#C[C@H]1CC[C@@H](C)N1C(=O)CC.[CH2-]CC.[CH3-].[I][V]([I])[I].[V]. The third kappa shape index (κ3) is 18.9. The molecule has 0 saturated carbocycles. The Labute approximate surface area is 235 Å². The molecule has 2 aliphatic rings. The number of carbonyl (C=O) groups is 1. The minimum Gasteiger partial charge on any atom is 0 e. The van der Waals surface area contributed by atoms with Gasteiger partial charge in [0.2, 0.25) is 5.91 Å². The first-order valence-electron chi connectivity index (χ1n) is 9.17. The molecule has 4 nitrogen and oxygen atoms in total. The Bertz CT molecular complexity index is 536. The molecule has 2 aliphatic heterocycles. The van der Waals surface area contributed by atoms with Crippen LogP contribution in [0, 0.1) is 50.4 Å². The molecular weight excluding hydrogens is 793 g/mol. The number of nitriles is 1. The predicted octanol–water partition coefficient (Wildman–Crippen LogP) is 6.01. The van der Waals surface area contributed by atoms with Crippen molar-refractivity contribution in [1.82, 2.24) is 10.2 Å². The van der Waals surface area contributed by atoms with Gasteiger partial charge in [0.05, 0.1) is 24.2 Å². The van der Waals surface area contributed by atoms with Crippen LogP contribution < -0.4 is 5.32 Å². The van der Waals surface area contributed by atoms with Crippen LogP contribution in [0.4, 0.5) is 0 Å². The maximum Gasteiger partial charge on any atom is 0 e. The van der Waals surface area contributed by atoms with Crippen LogP contribution in [-0.4, -0.2) is 35.0 Å². The van der Waals surface area contributed by atoms with Crippen molar-refractivity contribution in [2.45, 2.75) is 83.5 Å². The molecule has 0 aromatic rings. The monoisotopic (exact) mass is 826 g/mol. The van der Waals surface area contributed by atoms with Gasteiger partial charge in [-0.05, 0) is 32.6 Å². The molecule has 0 unspecified atom stereocenters. The van der Waals surface area contributed by atoms with Crippen molar-refractivity contribution in [3.05, 3.63) is 14.4 Å². The van der Waals surface area contributed by atoms with E-state index in [1.807, 2.05) is 18.7 Å². The zero-order valence-electron chi connectivity index (χ0n) is 18.2. The minimum absolute atomic E-state index is 0. The van der Waals surface area contributed by atoms with Gasteiger partial charge in [0.15, 0.2) is 0 Å². The summed E-state index contributed by atoms with van der Waals surface area (Å²) in [5.41, 5.74) is 0. The van der Waals surface area contributed by atoms with Gasteiger partial charge < -0.3 is 19.3 Å². The molecule has 0 aliphatic carbocycles. The van der Waals surface area contributed by atoms with E-state index in [0.717, 1.165) is 32.1 Å². The quantitative estimate of drug-likeness (QED) is 0.201. The number of carbonyl (C=O) groups excluding carboxylic acids is 1. The van der Waals surface area contributed by atoms with E-state index in [-0.39, 0.29) is 54.9 Å².